The number of amides is 1. The van der Waals surface area contributed by atoms with Gasteiger partial charge in [0, 0.05) is 31.4 Å². The van der Waals surface area contributed by atoms with Crippen molar-refractivity contribution in [3.05, 3.63) is 35.4 Å². The number of aryl methyl sites for hydroxylation is 1. The van der Waals surface area contributed by atoms with Crippen molar-refractivity contribution in [1.29, 1.82) is 0 Å². The van der Waals surface area contributed by atoms with E-state index in [2.05, 4.69) is 40.2 Å². The molecule has 0 N–H and O–H groups in total. The van der Waals surface area contributed by atoms with E-state index < -0.39 is 0 Å². The lowest BCUT2D eigenvalue weighted by atomic mass is 9.83. The van der Waals surface area contributed by atoms with Gasteiger partial charge in [-0.1, -0.05) is 40.2 Å². The molecule has 0 spiro atoms. The molecule has 0 radical (unpaired) electrons. The van der Waals surface area contributed by atoms with Crippen molar-refractivity contribution in [2.45, 2.75) is 19.3 Å². The summed E-state index contributed by atoms with van der Waals surface area (Å²) in [7, 11) is 1.67. The summed E-state index contributed by atoms with van der Waals surface area (Å²) in [4.78, 5) is 14.6. The highest BCUT2D eigenvalue weighted by atomic mass is 79.9. The van der Waals surface area contributed by atoms with Crippen LogP contribution in [0.2, 0.25) is 0 Å². The SMILES string of the molecule is COCCN(CCBr)C(=O)C1CCc2ccccc2C1. The summed E-state index contributed by atoms with van der Waals surface area (Å²) in [5, 5.41) is 0.811. The highest BCUT2D eigenvalue weighted by molar-refractivity contribution is 9.09. The van der Waals surface area contributed by atoms with Gasteiger partial charge in [-0.15, -0.1) is 0 Å². The second kappa shape index (κ2) is 7.79. The van der Waals surface area contributed by atoms with Crippen LogP contribution in [0.1, 0.15) is 17.5 Å². The molecule has 1 atom stereocenters. The Balaban J connectivity index is 2.01. The summed E-state index contributed by atoms with van der Waals surface area (Å²) in [6, 6.07) is 8.47. The fourth-order valence-corrected chi connectivity index (χ4v) is 3.23. The van der Waals surface area contributed by atoms with Gasteiger partial charge in [0.15, 0.2) is 0 Å². The molecule has 0 aromatic heterocycles. The average Bonchev–Trinajstić information content (AvgIpc) is 2.50. The number of nitrogens with zero attached hydrogens (tertiary/aromatic N) is 1. The molecule has 0 saturated carbocycles. The fourth-order valence-electron chi connectivity index (χ4n) is 2.80. The number of carbonyl (C=O) groups is 1. The number of carbonyl (C=O) groups excluding carboxylic acids is 1. The molecule has 4 heteroatoms. The van der Waals surface area contributed by atoms with Gasteiger partial charge in [-0.05, 0) is 30.4 Å². The number of rotatable bonds is 6. The van der Waals surface area contributed by atoms with Crippen LogP contribution in [-0.4, -0.2) is 42.9 Å². The number of alkyl halides is 1. The Labute approximate surface area is 129 Å². The van der Waals surface area contributed by atoms with Crippen LogP contribution in [0.15, 0.2) is 24.3 Å². The van der Waals surface area contributed by atoms with Crippen molar-refractivity contribution in [1.82, 2.24) is 4.90 Å². The number of hydrogen-bond acceptors (Lipinski definition) is 2. The van der Waals surface area contributed by atoms with Gasteiger partial charge in [-0.25, -0.2) is 0 Å². The maximum Gasteiger partial charge on any atom is 0.226 e. The first-order valence-corrected chi connectivity index (χ1v) is 8.29. The van der Waals surface area contributed by atoms with Crippen LogP contribution in [0.4, 0.5) is 0 Å². The van der Waals surface area contributed by atoms with Crippen molar-refractivity contribution < 1.29 is 9.53 Å². The van der Waals surface area contributed by atoms with Crippen molar-refractivity contribution in [3.8, 4) is 0 Å². The molecule has 2 rings (SSSR count). The molecular formula is C16H22BrNO2. The molecule has 0 aliphatic heterocycles. The van der Waals surface area contributed by atoms with Crippen LogP contribution in [-0.2, 0) is 22.4 Å². The van der Waals surface area contributed by atoms with Gasteiger partial charge in [0.05, 0.1) is 6.61 Å². The van der Waals surface area contributed by atoms with E-state index in [-0.39, 0.29) is 11.8 Å². The van der Waals surface area contributed by atoms with Crippen molar-refractivity contribution in [3.63, 3.8) is 0 Å². The molecule has 0 fully saturated rings. The topological polar surface area (TPSA) is 29.5 Å². The van der Waals surface area contributed by atoms with Crippen molar-refractivity contribution in [2.24, 2.45) is 5.92 Å². The van der Waals surface area contributed by atoms with E-state index in [4.69, 9.17) is 4.74 Å². The Hall–Kier alpha value is -0.870. The Kier molecular flexibility index (Phi) is 6.05. The number of fused-ring (bicyclic) bond motifs is 1. The van der Waals surface area contributed by atoms with Crippen molar-refractivity contribution >= 4 is 21.8 Å². The lowest BCUT2D eigenvalue weighted by Crippen LogP contribution is -2.41. The third-order valence-corrected chi connectivity index (χ3v) is 4.28. The number of ether oxygens (including phenoxy) is 1. The number of methoxy groups -OCH3 is 1. The highest BCUT2D eigenvalue weighted by Gasteiger charge is 2.27. The summed E-state index contributed by atoms with van der Waals surface area (Å²) >= 11 is 3.43. The number of hydrogen-bond donors (Lipinski definition) is 0. The predicted octanol–water partition coefficient (Wildman–Crippen LogP) is 2.66. The summed E-state index contributed by atoms with van der Waals surface area (Å²) < 4.78 is 5.10. The minimum atomic E-state index is 0.126. The summed E-state index contributed by atoms with van der Waals surface area (Å²) in [5.41, 5.74) is 2.74. The standard InChI is InChI=1S/C16H22BrNO2/c1-20-11-10-18(9-8-17)16(19)15-7-6-13-4-2-3-5-14(13)12-15/h2-5,15H,6-12H2,1H3. The molecule has 1 aromatic rings. The van der Waals surface area contributed by atoms with E-state index in [9.17, 15) is 4.79 Å². The van der Waals surface area contributed by atoms with Crippen LogP contribution < -0.4 is 0 Å². The first-order valence-electron chi connectivity index (χ1n) is 7.16. The van der Waals surface area contributed by atoms with Crippen LogP contribution in [0.5, 0.6) is 0 Å². The second-order valence-electron chi connectivity index (χ2n) is 5.22. The molecule has 3 nitrogen and oxygen atoms in total. The zero-order valence-corrected chi connectivity index (χ0v) is 13.6. The largest absolute Gasteiger partial charge is 0.383 e. The Bertz CT molecular complexity index is 450. The molecule has 20 heavy (non-hydrogen) atoms. The van der Waals surface area contributed by atoms with Gasteiger partial charge in [0.2, 0.25) is 5.91 Å². The zero-order valence-electron chi connectivity index (χ0n) is 12.0. The highest BCUT2D eigenvalue weighted by Crippen LogP contribution is 2.26. The molecule has 1 unspecified atom stereocenters. The van der Waals surface area contributed by atoms with Crippen molar-refractivity contribution in [2.75, 3.05) is 32.1 Å². The molecule has 0 saturated heterocycles. The predicted molar refractivity (Wildman–Crippen MR) is 84.2 cm³/mol. The summed E-state index contributed by atoms with van der Waals surface area (Å²) in [6.45, 7) is 2.03. The smallest absolute Gasteiger partial charge is 0.226 e. The van der Waals surface area contributed by atoms with Gasteiger partial charge in [-0.2, -0.15) is 0 Å². The molecule has 0 bridgehead atoms. The summed E-state index contributed by atoms with van der Waals surface area (Å²) in [5.74, 6) is 0.400. The van der Waals surface area contributed by atoms with E-state index in [1.807, 2.05) is 4.90 Å². The first kappa shape index (κ1) is 15.5. The minimum Gasteiger partial charge on any atom is -0.383 e. The van der Waals surface area contributed by atoms with Gasteiger partial charge < -0.3 is 9.64 Å². The van der Waals surface area contributed by atoms with Crippen LogP contribution >= 0.6 is 15.9 Å². The normalized spacial score (nSPS) is 17.6. The first-order chi connectivity index (χ1) is 9.76. The molecule has 1 aromatic carbocycles. The van der Waals surface area contributed by atoms with E-state index >= 15 is 0 Å². The Morgan fingerprint density at radius 3 is 2.80 bits per heavy atom. The third-order valence-electron chi connectivity index (χ3n) is 3.93. The Morgan fingerprint density at radius 2 is 2.10 bits per heavy atom. The van der Waals surface area contributed by atoms with Gasteiger partial charge in [0.1, 0.15) is 0 Å². The van der Waals surface area contributed by atoms with Crippen LogP contribution in [0, 0.1) is 5.92 Å². The molecule has 0 heterocycles. The molecule has 1 amide bonds. The molecular weight excluding hydrogens is 318 g/mol. The zero-order chi connectivity index (χ0) is 14.4. The Morgan fingerprint density at radius 1 is 1.35 bits per heavy atom. The molecule has 1 aliphatic carbocycles. The summed E-state index contributed by atoms with van der Waals surface area (Å²) in [6.07, 6.45) is 2.85. The average molecular weight is 340 g/mol. The molecule has 1 aliphatic rings. The van der Waals surface area contributed by atoms with E-state index in [1.165, 1.54) is 11.1 Å². The maximum absolute atomic E-state index is 12.7. The van der Waals surface area contributed by atoms with Gasteiger partial charge >= 0.3 is 0 Å². The lowest BCUT2D eigenvalue weighted by molar-refractivity contribution is -0.136. The second-order valence-corrected chi connectivity index (χ2v) is 6.01. The number of benzene rings is 1. The van der Waals surface area contributed by atoms with E-state index in [0.717, 1.165) is 31.1 Å². The van der Waals surface area contributed by atoms with E-state index in [1.54, 1.807) is 7.11 Å². The molecule has 110 valence electrons. The number of halogens is 1. The van der Waals surface area contributed by atoms with Gasteiger partial charge in [-0.3, -0.25) is 4.79 Å². The van der Waals surface area contributed by atoms with Crippen LogP contribution in [0.3, 0.4) is 0 Å². The lowest BCUT2D eigenvalue weighted by Gasteiger charge is -2.30. The maximum atomic E-state index is 12.7. The fraction of sp³-hybridized carbons (Fsp3) is 0.562. The monoisotopic (exact) mass is 339 g/mol. The minimum absolute atomic E-state index is 0.126. The van der Waals surface area contributed by atoms with Gasteiger partial charge in [0.25, 0.3) is 0 Å². The third kappa shape index (κ3) is 3.83. The van der Waals surface area contributed by atoms with E-state index in [0.29, 0.717) is 13.2 Å². The quantitative estimate of drug-likeness (QED) is 0.745. The van der Waals surface area contributed by atoms with Crippen LogP contribution in [0.25, 0.3) is 0 Å².